The molecular formula is C41H70N4O12. The first-order valence-electron chi connectivity index (χ1n) is 20.2. The van der Waals surface area contributed by atoms with Crippen LogP contribution in [0.15, 0.2) is 11.8 Å². The van der Waals surface area contributed by atoms with Crippen molar-refractivity contribution in [1.82, 2.24) is 9.80 Å². The van der Waals surface area contributed by atoms with Crippen molar-refractivity contribution in [3.05, 3.63) is 11.8 Å². The number of cyclic esters (lactones) is 1. The highest BCUT2D eigenvalue weighted by Gasteiger charge is 2.52. The van der Waals surface area contributed by atoms with Crippen molar-refractivity contribution < 1.29 is 58.7 Å². The minimum absolute atomic E-state index is 0.0451. The topological polar surface area (TPSA) is 228 Å². The van der Waals surface area contributed by atoms with E-state index in [1.807, 2.05) is 45.0 Å². The monoisotopic (exact) mass is 810 g/mol. The molecule has 3 aliphatic heterocycles. The number of carbonyl (C=O) groups is 1. The number of nitrogens with zero attached hydrogens (tertiary/aromatic N) is 4. The zero-order valence-corrected chi connectivity index (χ0v) is 36.2. The molecule has 0 aliphatic carbocycles. The quantitative estimate of drug-likeness (QED) is 0.175. The minimum Gasteiger partial charge on any atom is -0.459 e. The van der Waals surface area contributed by atoms with Crippen LogP contribution in [0.1, 0.15) is 94.9 Å². The van der Waals surface area contributed by atoms with E-state index in [-0.39, 0.29) is 43.5 Å². The zero-order valence-electron chi connectivity index (χ0n) is 36.2. The number of aliphatic hydroxyl groups excluding tert-OH is 3. The number of nitriles is 2. The predicted molar refractivity (Wildman–Crippen MR) is 208 cm³/mol. The van der Waals surface area contributed by atoms with E-state index in [1.54, 1.807) is 53.4 Å². The number of hydrogen-bond donors (Lipinski definition) is 5. The van der Waals surface area contributed by atoms with Gasteiger partial charge in [-0.2, -0.15) is 10.5 Å². The van der Waals surface area contributed by atoms with E-state index in [2.05, 4.69) is 0 Å². The molecule has 18 atom stereocenters. The molecule has 0 aromatic heterocycles. The lowest BCUT2D eigenvalue weighted by molar-refractivity contribution is -0.318. The van der Waals surface area contributed by atoms with Crippen molar-refractivity contribution in [1.29, 1.82) is 10.5 Å². The van der Waals surface area contributed by atoms with Gasteiger partial charge in [-0.1, -0.05) is 20.8 Å². The molecule has 16 heteroatoms. The Morgan fingerprint density at radius 3 is 2.14 bits per heavy atom. The summed E-state index contributed by atoms with van der Waals surface area (Å²) < 4.78 is 37.5. The van der Waals surface area contributed by atoms with Gasteiger partial charge in [0.05, 0.1) is 47.6 Å². The lowest BCUT2D eigenvalue weighted by atomic mass is 9.77. The first-order chi connectivity index (χ1) is 26.4. The van der Waals surface area contributed by atoms with Gasteiger partial charge in [0.25, 0.3) is 0 Å². The van der Waals surface area contributed by atoms with E-state index in [0.717, 1.165) is 0 Å². The fourth-order valence-electron chi connectivity index (χ4n) is 8.96. The van der Waals surface area contributed by atoms with Crippen LogP contribution in [-0.4, -0.2) is 159 Å². The molecule has 3 saturated heterocycles. The number of allylic oxidation sites excluding steroid dienone is 1. The second kappa shape index (κ2) is 19.7. The maximum absolute atomic E-state index is 14.3. The van der Waals surface area contributed by atoms with Gasteiger partial charge in [-0.3, -0.25) is 4.79 Å². The maximum Gasteiger partial charge on any atom is 0.311 e. The fourth-order valence-corrected chi connectivity index (χ4v) is 8.96. The molecule has 0 aromatic rings. The molecule has 0 radical (unpaired) electrons. The maximum atomic E-state index is 14.3. The molecule has 0 bridgehead atoms. The largest absolute Gasteiger partial charge is 0.459 e. The van der Waals surface area contributed by atoms with E-state index in [4.69, 9.17) is 28.4 Å². The third-order valence-corrected chi connectivity index (χ3v) is 12.5. The van der Waals surface area contributed by atoms with E-state index in [1.165, 1.54) is 20.2 Å². The van der Waals surface area contributed by atoms with Gasteiger partial charge < -0.3 is 63.8 Å². The average Bonchev–Trinajstić information content (AvgIpc) is 3.14. The van der Waals surface area contributed by atoms with Gasteiger partial charge in [0, 0.05) is 38.2 Å². The molecule has 326 valence electrons. The second-order valence-electron chi connectivity index (χ2n) is 17.7. The van der Waals surface area contributed by atoms with Gasteiger partial charge in [-0.05, 0) is 87.7 Å². The van der Waals surface area contributed by atoms with Crippen LogP contribution >= 0.6 is 0 Å². The van der Waals surface area contributed by atoms with Gasteiger partial charge >= 0.3 is 5.97 Å². The third kappa shape index (κ3) is 11.2. The fraction of sp³-hybridized carbons (Fsp3) is 0.878. The summed E-state index contributed by atoms with van der Waals surface area (Å²) in [6.45, 7) is 16.9. The van der Waals surface area contributed by atoms with Gasteiger partial charge in [-0.25, -0.2) is 0 Å². The van der Waals surface area contributed by atoms with Crippen molar-refractivity contribution in [2.45, 2.75) is 185 Å². The second-order valence-corrected chi connectivity index (χ2v) is 17.7. The average molecular weight is 811 g/mol. The molecule has 0 spiro atoms. The van der Waals surface area contributed by atoms with E-state index in [9.17, 15) is 40.9 Å². The van der Waals surface area contributed by atoms with Crippen LogP contribution in [0, 0.1) is 40.4 Å². The van der Waals surface area contributed by atoms with Crippen LogP contribution in [0.2, 0.25) is 0 Å². The number of hydrogen-bond acceptors (Lipinski definition) is 16. The van der Waals surface area contributed by atoms with Crippen LogP contribution in [-0.2, 0) is 33.2 Å². The smallest absolute Gasteiger partial charge is 0.311 e. The molecule has 3 aliphatic rings. The van der Waals surface area contributed by atoms with Gasteiger partial charge in [0.15, 0.2) is 12.6 Å². The van der Waals surface area contributed by atoms with Crippen molar-refractivity contribution in [3.8, 4) is 12.1 Å². The number of likely N-dealkylation sites (N-methyl/N-ethyl adjacent to an activating group) is 1. The molecule has 5 N–H and O–H groups in total. The van der Waals surface area contributed by atoms with Crippen LogP contribution in [0.3, 0.4) is 0 Å². The highest BCUT2D eigenvalue weighted by Crippen LogP contribution is 2.40. The molecule has 3 fully saturated rings. The molecule has 16 nitrogen and oxygen atoms in total. The lowest BCUT2D eigenvalue weighted by Crippen LogP contribution is -2.60. The Morgan fingerprint density at radius 1 is 0.982 bits per heavy atom. The zero-order chi connectivity index (χ0) is 43.4. The lowest BCUT2D eigenvalue weighted by Gasteiger charge is -2.48. The number of aliphatic hydroxyl groups is 5. The number of methoxy groups -OCH3 is 1. The van der Waals surface area contributed by atoms with Crippen LogP contribution in [0.4, 0.5) is 0 Å². The van der Waals surface area contributed by atoms with Gasteiger partial charge in [0.2, 0.25) is 0 Å². The SMILES string of the molecule is CC[C@H]1OC(=O)[C@H](C)[C@@H](O[C@H]2C[C@@](C)(OC)[C@@H](O)[C@H](C)O2)[C@H](C)[C@@H](O[C@@H]2O[C@H](C)C[C@H](N(C)C)[C@H]2O)[C@](C)(O)C[C@@H](C)CN(C=C(C#N)C#N)[C@H](C)[C@@H](O)[C@]1(C)O. The summed E-state index contributed by atoms with van der Waals surface area (Å²) in [7, 11) is 5.18. The molecule has 0 aromatic carbocycles. The summed E-state index contributed by atoms with van der Waals surface area (Å²) in [4.78, 5) is 17.8. The molecule has 0 unspecified atom stereocenters. The summed E-state index contributed by atoms with van der Waals surface area (Å²) >= 11 is 0. The first kappa shape index (κ1) is 48.9. The highest BCUT2D eigenvalue weighted by atomic mass is 16.7. The number of esters is 1. The molecule has 3 heterocycles. The molecule has 0 amide bonds. The Balaban J connectivity index is 2.26. The Labute approximate surface area is 339 Å². The van der Waals surface area contributed by atoms with E-state index in [0.29, 0.717) is 6.42 Å². The Bertz CT molecular complexity index is 1430. The first-order valence-corrected chi connectivity index (χ1v) is 20.2. The Hall–Kier alpha value is -2.45. The molecule has 0 saturated carbocycles. The number of carbonyl (C=O) groups excluding carboxylic acids is 1. The summed E-state index contributed by atoms with van der Waals surface area (Å²) in [5.74, 6) is -3.13. The summed E-state index contributed by atoms with van der Waals surface area (Å²) in [5, 5.41) is 78.2. The number of ether oxygens (including phenoxy) is 6. The normalized spacial score (nSPS) is 45.5. The van der Waals surface area contributed by atoms with Crippen molar-refractivity contribution >= 4 is 5.97 Å². The number of rotatable bonds is 8. The van der Waals surface area contributed by atoms with E-state index < -0.39 is 102 Å². The summed E-state index contributed by atoms with van der Waals surface area (Å²) in [5.41, 5.74) is -5.04. The highest BCUT2D eigenvalue weighted by molar-refractivity contribution is 5.73. The van der Waals surface area contributed by atoms with E-state index >= 15 is 0 Å². The van der Waals surface area contributed by atoms with Crippen LogP contribution in [0.25, 0.3) is 0 Å². The van der Waals surface area contributed by atoms with Crippen LogP contribution in [0.5, 0.6) is 0 Å². The molecule has 57 heavy (non-hydrogen) atoms. The van der Waals surface area contributed by atoms with Crippen LogP contribution < -0.4 is 0 Å². The standard InChI is InChI=1S/C41H70N4O12/c1-14-30-41(10,51)34(47)26(6)45(21-28(18-42)19-43)20-22(2)16-39(8,50)36(57-38-32(46)29(44(11)12)15-23(3)53-38)24(4)33(25(5)37(49)55-30)56-31-17-40(9,52-13)35(48)27(7)54-31/h21-27,29-36,38,46-48,50-51H,14-17,20H2,1-13H3/t22-,23-,24+,25-,26-,27+,29+,30-,31+,32-,33+,34-,35+,36-,38+,39-,40-,41-/m1/s1. The van der Waals surface area contributed by atoms with Crippen molar-refractivity contribution in [2.75, 3.05) is 27.7 Å². The Morgan fingerprint density at radius 2 is 1.60 bits per heavy atom. The predicted octanol–water partition coefficient (Wildman–Crippen LogP) is 2.20. The van der Waals surface area contributed by atoms with Crippen molar-refractivity contribution in [2.24, 2.45) is 17.8 Å². The molecular weight excluding hydrogens is 740 g/mol. The summed E-state index contributed by atoms with van der Waals surface area (Å²) in [6, 6.07) is 2.45. The third-order valence-electron chi connectivity index (χ3n) is 12.5. The summed E-state index contributed by atoms with van der Waals surface area (Å²) in [6.07, 6.45) is -8.30. The van der Waals surface area contributed by atoms with Gasteiger partial charge in [-0.15, -0.1) is 0 Å². The van der Waals surface area contributed by atoms with Gasteiger partial charge in [0.1, 0.15) is 47.7 Å². The molecule has 3 rings (SSSR count). The Kier molecular flexibility index (Phi) is 16.9. The minimum atomic E-state index is -2.01. The van der Waals surface area contributed by atoms with Crippen molar-refractivity contribution in [3.63, 3.8) is 0 Å².